The molecule has 0 aliphatic carbocycles. The third-order valence-corrected chi connectivity index (χ3v) is 3.79. The van der Waals surface area contributed by atoms with Crippen molar-refractivity contribution in [2.45, 2.75) is 19.5 Å². The third kappa shape index (κ3) is 4.46. The van der Waals surface area contributed by atoms with Crippen LogP contribution in [0.25, 0.3) is 0 Å². The summed E-state index contributed by atoms with van der Waals surface area (Å²) in [6, 6.07) is 10.9. The molecule has 0 aliphatic heterocycles. The van der Waals surface area contributed by atoms with Gasteiger partial charge >= 0.3 is 0 Å². The van der Waals surface area contributed by atoms with Crippen molar-refractivity contribution in [1.29, 1.82) is 0 Å². The Labute approximate surface area is 134 Å². The highest BCUT2D eigenvalue weighted by molar-refractivity contribution is 7.09. The lowest BCUT2D eigenvalue weighted by Crippen LogP contribution is -2.41. The topological polar surface area (TPSA) is 55.6 Å². The van der Waals surface area contributed by atoms with Crippen molar-refractivity contribution in [3.05, 3.63) is 46.7 Å². The van der Waals surface area contributed by atoms with Crippen molar-refractivity contribution in [1.82, 2.24) is 0 Å². The van der Waals surface area contributed by atoms with Gasteiger partial charge in [0.1, 0.15) is 5.75 Å². The number of nitrogens with two attached hydrogens (primary N) is 1. The molecule has 114 valence electrons. The summed E-state index contributed by atoms with van der Waals surface area (Å²) in [7, 11) is 1.62. The van der Waals surface area contributed by atoms with Crippen molar-refractivity contribution in [3.63, 3.8) is 0 Å². The minimum Gasteiger partial charge on any atom is -0.497 e. The minimum absolute atomic E-state index is 0. The van der Waals surface area contributed by atoms with Crippen LogP contribution in [-0.2, 0) is 11.3 Å². The summed E-state index contributed by atoms with van der Waals surface area (Å²) in [5.41, 5.74) is 6.57. The zero-order valence-corrected chi connectivity index (χ0v) is 13.6. The molecule has 6 heteroatoms. The Morgan fingerprint density at radius 2 is 2.00 bits per heavy atom. The van der Waals surface area contributed by atoms with E-state index in [0.717, 1.165) is 16.3 Å². The predicted molar refractivity (Wildman–Crippen MR) is 89.4 cm³/mol. The van der Waals surface area contributed by atoms with Gasteiger partial charge in [-0.1, -0.05) is 6.07 Å². The Bertz CT molecular complexity index is 556. The molecule has 1 aromatic heterocycles. The van der Waals surface area contributed by atoms with Gasteiger partial charge in [-0.2, -0.15) is 0 Å². The smallest absolute Gasteiger partial charge is 0.243 e. The lowest BCUT2D eigenvalue weighted by molar-refractivity contribution is -0.119. The van der Waals surface area contributed by atoms with Crippen molar-refractivity contribution in [3.8, 4) is 5.75 Å². The first-order chi connectivity index (χ1) is 9.61. The Hall–Kier alpha value is -1.56. The van der Waals surface area contributed by atoms with E-state index in [1.807, 2.05) is 41.8 Å². The Morgan fingerprint density at radius 1 is 1.33 bits per heavy atom. The second-order valence-corrected chi connectivity index (χ2v) is 5.52. The van der Waals surface area contributed by atoms with Crippen LogP contribution in [0.5, 0.6) is 5.75 Å². The number of thiophene rings is 1. The SMILES string of the molecule is COc1ccc(N(Cc2cccs2)C(=O)[C@@H](C)N)cc1.Cl. The minimum atomic E-state index is -0.530. The Balaban J connectivity index is 0.00000220. The van der Waals surface area contributed by atoms with E-state index in [2.05, 4.69) is 0 Å². The normalized spacial score (nSPS) is 11.4. The Kier molecular flexibility index (Phi) is 6.68. The number of carbonyl (C=O) groups excluding carboxylic acids is 1. The number of amides is 1. The maximum atomic E-state index is 12.3. The van der Waals surface area contributed by atoms with Crippen LogP contribution >= 0.6 is 23.7 Å². The monoisotopic (exact) mass is 326 g/mol. The van der Waals surface area contributed by atoms with Crippen molar-refractivity contribution in [2.75, 3.05) is 12.0 Å². The molecule has 2 aromatic rings. The van der Waals surface area contributed by atoms with Crippen molar-refractivity contribution in [2.24, 2.45) is 5.73 Å². The molecule has 0 radical (unpaired) electrons. The molecule has 1 aromatic carbocycles. The lowest BCUT2D eigenvalue weighted by Gasteiger charge is -2.24. The van der Waals surface area contributed by atoms with Crippen LogP contribution in [0.2, 0.25) is 0 Å². The van der Waals surface area contributed by atoms with Crippen LogP contribution < -0.4 is 15.4 Å². The molecular weight excluding hydrogens is 308 g/mol. The number of nitrogens with zero attached hydrogens (tertiary/aromatic N) is 1. The largest absolute Gasteiger partial charge is 0.497 e. The number of benzene rings is 1. The summed E-state index contributed by atoms with van der Waals surface area (Å²) in [5, 5.41) is 2.00. The molecule has 1 atom stereocenters. The highest BCUT2D eigenvalue weighted by Gasteiger charge is 2.20. The van der Waals surface area contributed by atoms with E-state index in [0.29, 0.717) is 6.54 Å². The number of carbonyl (C=O) groups is 1. The van der Waals surface area contributed by atoms with Gasteiger partial charge in [0.25, 0.3) is 0 Å². The van der Waals surface area contributed by atoms with Gasteiger partial charge in [-0.15, -0.1) is 23.7 Å². The summed E-state index contributed by atoms with van der Waals surface area (Å²) in [6.07, 6.45) is 0. The molecule has 21 heavy (non-hydrogen) atoms. The molecule has 1 heterocycles. The molecule has 0 unspecified atom stereocenters. The third-order valence-electron chi connectivity index (χ3n) is 2.93. The molecule has 0 saturated heterocycles. The maximum Gasteiger partial charge on any atom is 0.243 e. The second-order valence-electron chi connectivity index (χ2n) is 4.49. The van der Waals surface area contributed by atoms with E-state index < -0.39 is 6.04 Å². The Morgan fingerprint density at radius 3 is 2.48 bits per heavy atom. The quantitative estimate of drug-likeness (QED) is 0.918. The molecule has 2 N–H and O–H groups in total. The van der Waals surface area contributed by atoms with E-state index in [1.165, 1.54) is 0 Å². The first kappa shape index (κ1) is 17.5. The number of anilines is 1. The number of ether oxygens (including phenoxy) is 1. The summed E-state index contributed by atoms with van der Waals surface area (Å²) in [6.45, 7) is 2.23. The van der Waals surface area contributed by atoms with Crippen LogP contribution in [0, 0.1) is 0 Å². The first-order valence-electron chi connectivity index (χ1n) is 6.35. The highest BCUT2D eigenvalue weighted by atomic mass is 35.5. The zero-order chi connectivity index (χ0) is 14.5. The van der Waals surface area contributed by atoms with Gasteiger partial charge in [-0.3, -0.25) is 4.79 Å². The molecule has 0 saturated carbocycles. The summed E-state index contributed by atoms with van der Waals surface area (Å²) >= 11 is 1.62. The summed E-state index contributed by atoms with van der Waals surface area (Å²) in [4.78, 5) is 15.1. The average Bonchev–Trinajstić information content (AvgIpc) is 2.97. The molecule has 0 aliphatic rings. The van der Waals surface area contributed by atoms with Gasteiger partial charge in [0.05, 0.1) is 19.7 Å². The standard InChI is InChI=1S/C15H18N2O2S.ClH/c1-11(16)15(18)17(10-14-4-3-9-20-14)12-5-7-13(19-2)8-6-12;/h3-9,11H,10,16H2,1-2H3;1H/t11-;/m1./s1. The van der Waals surface area contributed by atoms with E-state index in [1.54, 1.807) is 30.3 Å². The van der Waals surface area contributed by atoms with Crippen LogP contribution in [0.15, 0.2) is 41.8 Å². The van der Waals surface area contributed by atoms with E-state index in [4.69, 9.17) is 10.5 Å². The molecule has 1 amide bonds. The fourth-order valence-corrected chi connectivity index (χ4v) is 2.56. The number of hydrogen-bond donors (Lipinski definition) is 1. The first-order valence-corrected chi connectivity index (χ1v) is 7.23. The maximum absolute atomic E-state index is 12.3. The lowest BCUT2D eigenvalue weighted by atomic mass is 10.2. The number of hydrogen-bond acceptors (Lipinski definition) is 4. The second kappa shape index (κ2) is 8.02. The van der Waals surface area contributed by atoms with Gasteiger partial charge in [-0.05, 0) is 42.6 Å². The van der Waals surface area contributed by atoms with Gasteiger partial charge < -0.3 is 15.4 Å². The van der Waals surface area contributed by atoms with E-state index >= 15 is 0 Å². The fraction of sp³-hybridized carbons (Fsp3) is 0.267. The number of rotatable bonds is 5. The van der Waals surface area contributed by atoms with Crippen LogP contribution in [-0.4, -0.2) is 19.1 Å². The molecule has 2 rings (SSSR count). The summed E-state index contributed by atoms with van der Waals surface area (Å²) < 4.78 is 5.14. The highest BCUT2D eigenvalue weighted by Crippen LogP contribution is 2.23. The van der Waals surface area contributed by atoms with Crippen molar-refractivity contribution >= 4 is 35.3 Å². The molecule has 0 fully saturated rings. The number of methoxy groups -OCH3 is 1. The van der Waals surface area contributed by atoms with Crippen LogP contribution in [0.1, 0.15) is 11.8 Å². The van der Waals surface area contributed by atoms with Gasteiger partial charge in [-0.25, -0.2) is 0 Å². The molecule has 0 spiro atoms. The van der Waals surface area contributed by atoms with Crippen LogP contribution in [0.3, 0.4) is 0 Å². The van der Waals surface area contributed by atoms with Crippen LogP contribution in [0.4, 0.5) is 5.69 Å². The molecule has 4 nitrogen and oxygen atoms in total. The molecular formula is C15H19ClN2O2S. The summed E-state index contributed by atoms with van der Waals surface area (Å²) in [5.74, 6) is 0.668. The average molecular weight is 327 g/mol. The molecule has 0 bridgehead atoms. The van der Waals surface area contributed by atoms with Gasteiger partial charge in [0.15, 0.2) is 0 Å². The van der Waals surface area contributed by atoms with E-state index in [-0.39, 0.29) is 18.3 Å². The van der Waals surface area contributed by atoms with Gasteiger partial charge in [0.2, 0.25) is 5.91 Å². The zero-order valence-electron chi connectivity index (χ0n) is 12.0. The van der Waals surface area contributed by atoms with E-state index in [9.17, 15) is 4.79 Å². The van der Waals surface area contributed by atoms with Crippen molar-refractivity contribution < 1.29 is 9.53 Å². The number of halogens is 1. The predicted octanol–water partition coefficient (Wildman–Crippen LogP) is 3.06. The fourth-order valence-electron chi connectivity index (χ4n) is 1.86. The van der Waals surface area contributed by atoms with Gasteiger partial charge in [0, 0.05) is 10.6 Å².